The van der Waals surface area contributed by atoms with Crippen LogP contribution >= 0.6 is 0 Å². The topological polar surface area (TPSA) is 54.0 Å². The number of carbonyl (C=O) groups is 1. The third-order valence-electron chi connectivity index (χ3n) is 4.98. The highest BCUT2D eigenvalue weighted by atomic mass is 19.2. The van der Waals surface area contributed by atoms with E-state index >= 15 is 0 Å². The molecule has 0 radical (unpaired) electrons. The van der Waals surface area contributed by atoms with Crippen LogP contribution in [0.25, 0.3) is 0 Å². The molecule has 32 heavy (non-hydrogen) atoms. The van der Waals surface area contributed by atoms with Crippen LogP contribution in [-0.4, -0.2) is 20.4 Å². The number of hydrogen-bond acceptors (Lipinski definition) is 5. The van der Waals surface area contributed by atoms with Crippen LogP contribution in [0.2, 0.25) is 0 Å². The molecule has 5 nitrogen and oxygen atoms in total. The summed E-state index contributed by atoms with van der Waals surface area (Å²) in [7, 11) is 2.92. The Labute approximate surface area is 188 Å². The summed E-state index contributed by atoms with van der Waals surface area (Å²) < 4.78 is 49.3. The SMILES string of the molecule is COc1cc(C(F)OC(=O)OC(F)c2cc(OC)cc(C(C)(C)C)c2)cc(C(C)(C)C)c1. The van der Waals surface area contributed by atoms with E-state index in [1.165, 1.54) is 26.4 Å². The molecule has 0 aromatic heterocycles. The Morgan fingerprint density at radius 2 is 1.03 bits per heavy atom. The summed E-state index contributed by atoms with van der Waals surface area (Å²) in [5.41, 5.74) is 1.15. The van der Waals surface area contributed by atoms with E-state index in [0.29, 0.717) is 11.5 Å². The van der Waals surface area contributed by atoms with Gasteiger partial charge in [0.25, 0.3) is 12.7 Å². The summed E-state index contributed by atoms with van der Waals surface area (Å²) in [6.45, 7) is 11.8. The second-order valence-electron chi connectivity index (χ2n) is 9.61. The maximum absolute atomic E-state index is 14.7. The largest absolute Gasteiger partial charge is 0.513 e. The fourth-order valence-corrected chi connectivity index (χ4v) is 2.94. The lowest BCUT2D eigenvalue weighted by Gasteiger charge is -2.22. The van der Waals surface area contributed by atoms with Crippen molar-refractivity contribution in [3.05, 3.63) is 58.7 Å². The lowest BCUT2D eigenvalue weighted by molar-refractivity contribution is -0.0768. The highest BCUT2D eigenvalue weighted by Crippen LogP contribution is 2.34. The smallest absolute Gasteiger partial charge is 0.497 e. The lowest BCUT2D eigenvalue weighted by Crippen LogP contribution is -2.16. The van der Waals surface area contributed by atoms with E-state index < -0.39 is 18.9 Å². The summed E-state index contributed by atoms with van der Waals surface area (Å²) in [4.78, 5) is 12.1. The molecule has 0 aliphatic carbocycles. The average Bonchev–Trinajstić information content (AvgIpc) is 2.71. The molecule has 0 saturated heterocycles. The third-order valence-corrected chi connectivity index (χ3v) is 4.98. The Bertz CT molecular complexity index is 869. The summed E-state index contributed by atoms with van der Waals surface area (Å²) in [5, 5.41) is 0. The molecule has 2 aromatic carbocycles. The quantitative estimate of drug-likeness (QED) is 0.440. The van der Waals surface area contributed by atoms with Crippen LogP contribution in [0.3, 0.4) is 0 Å². The number of rotatable bonds is 6. The molecular weight excluding hydrogens is 418 g/mol. The molecule has 0 aliphatic heterocycles. The standard InChI is InChI=1S/C25H32F2O5/c1-24(2,3)17-9-15(11-19(13-17)29-7)21(26)31-23(28)32-22(27)16-10-18(25(4,5)6)14-20(12-16)30-8/h9-14,21-22H,1-8H3. The summed E-state index contributed by atoms with van der Waals surface area (Å²) >= 11 is 0. The molecule has 0 amide bonds. The molecule has 2 unspecified atom stereocenters. The van der Waals surface area contributed by atoms with Crippen LogP contribution in [-0.2, 0) is 20.3 Å². The van der Waals surface area contributed by atoms with E-state index in [1.54, 1.807) is 24.3 Å². The zero-order valence-electron chi connectivity index (χ0n) is 19.9. The number of hydrogen-bond donors (Lipinski definition) is 0. The van der Waals surface area contributed by atoms with E-state index in [2.05, 4.69) is 0 Å². The van der Waals surface area contributed by atoms with Crippen LogP contribution in [0.5, 0.6) is 11.5 Å². The molecule has 0 heterocycles. The molecule has 0 N–H and O–H groups in total. The van der Waals surface area contributed by atoms with Crippen molar-refractivity contribution < 1.29 is 32.5 Å². The zero-order chi connectivity index (χ0) is 24.3. The van der Waals surface area contributed by atoms with Gasteiger partial charge in [-0.1, -0.05) is 41.5 Å². The Hall–Kier alpha value is -2.83. The van der Waals surface area contributed by atoms with E-state index in [4.69, 9.17) is 18.9 Å². The third kappa shape index (κ3) is 6.58. The normalized spacial score (nSPS) is 13.8. The predicted molar refractivity (Wildman–Crippen MR) is 119 cm³/mol. The number of methoxy groups -OCH3 is 2. The highest BCUT2D eigenvalue weighted by Gasteiger charge is 2.25. The van der Waals surface area contributed by atoms with Gasteiger partial charge in [-0.3, -0.25) is 0 Å². The molecule has 0 saturated carbocycles. The van der Waals surface area contributed by atoms with Gasteiger partial charge in [-0.15, -0.1) is 0 Å². The van der Waals surface area contributed by atoms with Crippen LogP contribution in [0, 0.1) is 0 Å². The minimum atomic E-state index is -2.15. The first-order chi connectivity index (χ1) is 14.7. The Balaban J connectivity index is 2.17. The van der Waals surface area contributed by atoms with Gasteiger partial charge in [0.1, 0.15) is 11.5 Å². The number of carbonyl (C=O) groups excluding carboxylic acids is 1. The Morgan fingerprint density at radius 3 is 1.31 bits per heavy atom. The number of ether oxygens (including phenoxy) is 4. The van der Waals surface area contributed by atoms with E-state index in [1.807, 2.05) is 41.5 Å². The van der Waals surface area contributed by atoms with Gasteiger partial charge in [-0.05, 0) is 58.4 Å². The molecule has 0 bridgehead atoms. The van der Waals surface area contributed by atoms with Crippen LogP contribution in [0.15, 0.2) is 36.4 Å². The van der Waals surface area contributed by atoms with Crippen molar-refractivity contribution in [1.82, 2.24) is 0 Å². The molecule has 0 fully saturated rings. The number of halogens is 2. The van der Waals surface area contributed by atoms with Gasteiger partial charge >= 0.3 is 6.16 Å². The van der Waals surface area contributed by atoms with Crippen molar-refractivity contribution in [3.63, 3.8) is 0 Å². The fraction of sp³-hybridized carbons (Fsp3) is 0.480. The minimum Gasteiger partial charge on any atom is -0.497 e. The van der Waals surface area contributed by atoms with Crippen LogP contribution in [0.4, 0.5) is 13.6 Å². The second-order valence-corrected chi connectivity index (χ2v) is 9.61. The summed E-state index contributed by atoms with van der Waals surface area (Å²) in [6, 6.07) is 9.54. The summed E-state index contributed by atoms with van der Waals surface area (Å²) in [5.74, 6) is 0.836. The van der Waals surface area contributed by atoms with E-state index in [-0.39, 0.29) is 22.0 Å². The van der Waals surface area contributed by atoms with Crippen molar-refractivity contribution in [2.45, 2.75) is 65.1 Å². The predicted octanol–water partition coefficient (Wildman–Crippen LogP) is 7.09. The lowest BCUT2D eigenvalue weighted by atomic mass is 9.86. The number of benzene rings is 2. The van der Waals surface area contributed by atoms with Crippen molar-refractivity contribution >= 4 is 6.16 Å². The molecule has 0 spiro atoms. The van der Waals surface area contributed by atoms with Gasteiger partial charge in [0.05, 0.1) is 14.2 Å². The van der Waals surface area contributed by atoms with E-state index in [0.717, 1.165) is 11.1 Å². The maximum atomic E-state index is 14.7. The molecule has 2 aromatic rings. The van der Waals surface area contributed by atoms with Crippen LogP contribution in [0.1, 0.15) is 76.5 Å². The first-order valence-corrected chi connectivity index (χ1v) is 10.3. The van der Waals surface area contributed by atoms with Gasteiger partial charge < -0.3 is 18.9 Å². The van der Waals surface area contributed by atoms with Crippen molar-refractivity contribution in [1.29, 1.82) is 0 Å². The van der Waals surface area contributed by atoms with Gasteiger partial charge in [0, 0.05) is 11.1 Å². The fourth-order valence-electron chi connectivity index (χ4n) is 2.94. The first kappa shape index (κ1) is 25.4. The maximum Gasteiger partial charge on any atom is 0.513 e. The van der Waals surface area contributed by atoms with Crippen molar-refractivity contribution in [2.24, 2.45) is 0 Å². The van der Waals surface area contributed by atoms with Gasteiger partial charge in [0.2, 0.25) is 0 Å². The van der Waals surface area contributed by atoms with Crippen molar-refractivity contribution in [2.75, 3.05) is 14.2 Å². The highest BCUT2D eigenvalue weighted by molar-refractivity contribution is 5.61. The Kier molecular flexibility index (Phi) is 7.75. The second kappa shape index (κ2) is 9.76. The van der Waals surface area contributed by atoms with Gasteiger partial charge in [-0.2, -0.15) is 8.78 Å². The molecule has 176 valence electrons. The Morgan fingerprint density at radius 1 is 0.688 bits per heavy atom. The summed E-state index contributed by atoms with van der Waals surface area (Å²) in [6.07, 6.45) is -5.77. The van der Waals surface area contributed by atoms with Crippen molar-refractivity contribution in [3.8, 4) is 11.5 Å². The monoisotopic (exact) mass is 450 g/mol. The molecule has 2 atom stereocenters. The van der Waals surface area contributed by atoms with E-state index in [9.17, 15) is 13.6 Å². The molecule has 0 aliphatic rings. The molecule has 7 heteroatoms. The zero-order valence-corrected chi connectivity index (χ0v) is 19.9. The van der Waals surface area contributed by atoms with Gasteiger partial charge in [-0.25, -0.2) is 4.79 Å². The average molecular weight is 451 g/mol. The molecular formula is C25H32F2O5. The number of alkyl halides is 2. The van der Waals surface area contributed by atoms with Gasteiger partial charge in [0.15, 0.2) is 0 Å². The molecule has 2 rings (SSSR count). The minimum absolute atomic E-state index is 0.0676. The first-order valence-electron chi connectivity index (χ1n) is 10.3. The van der Waals surface area contributed by atoms with Crippen LogP contribution < -0.4 is 9.47 Å².